The van der Waals surface area contributed by atoms with Crippen LogP contribution in [0.3, 0.4) is 0 Å². The summed E-state index contributed by atoms with van der Waals surface area (Å²) in [5, 5.41) is 6.17. The van der Waals surface area contributed by atoms with Crippen LogP contribution in [0.5, 0.6) is 0 Å². The summed E-state index contributed by atoms with van der Waals surface area (Å²) in [6.07, 6.45) is -5.79. The van der Waals surface area contributed by atoms with Gasteiger partial charge < -0.3 is 5.32 Å². The Balaban J connectivity index is 1.94. The molecule has 0 radical (unpaired) electrons. The Morgan fingerprint density at radius 2 is 1.75 bits per heavy atom. The molecule has 146 valence electrons. The van der Waals surface area contributed by atoms with Crippen molar-refractivity contribution in [2.45, 2.75) is 12.4 Å². The molecule has 1 N–H and O–H groups in total. The summed E-state index contributed by atoms with van der Waals surface area (Å²) in [4.78, 5) is 15.5. The van der Waals surface area contributed by atoms with Crippen LogP contribution in [0.2, 0.25) is 0 Å². The monoisotopic (exact) mass is 400 g/mol. The zero-order valence-electron chi connectivity index (χ0n) is 13.7. The molecule has 0 saturated carbocycles. The Hall–Kier alpha value is -3.37. The predicted octanol–water partition coefficient (Wildman–Crippen LogP) is 4.56. The van der Waals surface area contributed by atoms with Gasteiger partial charge in [-0.2, -0.15) is 31.4 Å². The van der Waals surface area contributed by atoms with Crippen LogP contribution < -0.4 is 5.32 Å². The Morgan fingerprint density at radius 1 is 1.00 bits per heavy atom. The number of aromatic nitrogens is 3. The molecule has 3 aromatic rings. The molecule has 5 nitrogen and oxygen atoms in total. The molecule has 0 bridgehead atoms. The second-order valence-electron chi connectivity index (χ2n) is 5.56. The van der Waals surface area contributed by atoms with Crippen molar-refractivity contribution in [2.75, 3.05) is 5.32 Å². The van der Waals surface area contributed by atoms with Gasteiger partial charge in [0.1, 0.15) is 5.69 Å². The lowest BCUT2D eigenvalue weighted by Gasteiger charge is -2.15. The zero-order valence-corrected chi connectivity index (χ0v) is 13.7. The van der Waals surface area contributed by atoms with E-state index in [1.165, 1.54) is 23.1 Å². The fraction of sp³-hybridized carbons (Fsp3) is 0.118. The number of alkyl halides is 6. The fourth-order valence-corrected chi connectivity index (χ4v) is 2.31. The SMILES string of the molecule is O=C(Nc1cc(C(F)(F)F)ccc1-n1cccn1)c1ccc(C(F)(F)F)nc1. The van der Waals surface area contributed by atoms with Crippen molar-refractivity contribution < 1.29 is 31.1 Å². The van der Waals surface area contributed by atoms with Crippen LogP contribution in [0.25, 0.3) is 5.69 Å². The van der Waals surface area contributed by atoms with Crippen LogP contribution in [0.1, 0.15) is 21.6 Å². The number of rotatable bonds is 3. The van der Waals surface area contributed by atoms with Crippen molar-refractivity contribution >= 4 is 11.6 Å². The molecule has 0 fully saturated rings. The van der Waals surface area contributed by atoms with E-state index >= 15 is 0 Å². The van der Waals surface area contributed by atoms with E-state index < -0.39 is 29.5 Å². The molecular weight excluding hydrogens is 390 g/mol. The maximum absolute atomic E-state index is 13.0. The maximum atomic E-state index is 13.0. The van der Waals surface area contributed by atoms with E-state index in [1.807, 2.05) is 0 Å². The molecular formula is C17H10F6N4O. The van der Waals surface area contributed by atoms with E-state index in [1.54, 1.807) is 0 Å². The van der Waals surface area contributed by atoms with Crippen molar-refractivity contribution in [3.8, 4) is 5.69 Å². The fourth-order valence-electron chi connectivity index (χ4n) is 2.31. The summed E-state index contributed by atoms with van der Waals surface area (Å²) in [7, 11) is 0. The van der Waals surface area contributed by atoms with Crippen LogP contribution in [-0.4, -0.2) is 20.7 Å². The summed E-state index contributed by atoms with van der Waals surface area (Å²) in [6.45, 7) is 0. The first kappa shape index (κ1) is 19.4. The summed E-state index contributed by atoms with van der Waals surface area (Å²) in [5.41, 5.74) is -2.53. The predicted molar refractivity (Wildman–Crippen MR) is 85.8 cm³/mol. The van der Waals surface area contributed by atoms with Crippen LogP contribution in [0.15, 0.2) is 55.0 Å². The molecule has 0 saturated heterocycles. The molecule has 0 unspecified atom stereocenters. The van der Waals surface area contributed by atoms with Crippen molar-refractivity contribution in [3.05, 3.63) is 71.8 Å². The van der Waals surface area contributed by atoms with E-state index in [0.29, 0.717) is 18.3 Å². The minimum atomic E-state index is -4.68. The number of nitrogens with one attached hydrogen (secondary N) is 1. The number of nitrogens with zero attached hydrogens (tertiary/aromatic N) is 3. The van der Waals surface area contributed by atoms with Crippen LogP contribution >= 0.6 is 0 Å². The van der Waals surface area contributed by atoms with Gasteiger partial charge in [0.05, 0.1) is 22.5 Å². The second kappa shape index (κ2) is 6.98. The van der Waals surface area contributed by atoms with Crippen LogP contribution in [0, 0.1) is 0 Å². The van der Waals surface area contributed by atoms with E-state index in [2.05, 4.69) is 15.4 Å². The largest absolute Gasteiger partial charge is 0.433 e. The average Bonchev–Trinajstić information content (AvgIpc) is 3.14. The van der Waals surface area contributed by atoms with E-state index in [4.69, 9.17) is 0 Å². The molecule has 0 aliphatic heterocycles. The third-order valence-electron chi connectivity index (χ3n) is 3.64. The minimum Gasteiger partial charge on any atom is -0.320 e. The smallest absolute Gasteiger partial charge is 0.320 e. The van der Waals surface area contributed by atoms with E-state index in [-0.39, 0.29) is 16.9 Å². The molecule has 3 rings (SSSR count). The van der Waals surface area contributed by atoms with Crippen molar-refractivity contribution in [3.63, 3.8) is 0 Å². The molecule has 2 heterocycles. The first-order valence-corrected chi connectivity index (χ1v) is 7.61. The number of hydrogen-bond acceptors (Lipinski definition) is 3. The highest BCUT2D eigenvalue weighted by atomic mass is 19.4. The highest BCUT2D eigenvalue weighted by Crippen LogP contribution is 2.33. The summed E-state index contributed by atoms with van der Waals surface area (Å²) >= 11 is 0. The maximum Gasteiger partial charge on any atom is 0.433 e. The van der Waals surface area contributed by atoms with Gasteiger partial charge in [-0.25, -0.2) is 4.68 Å². The molecule has 1 aromatic carbocycles. The first-order chi connectivity index (χ1) is 13.1. The number of amides is 1. The third-order valence-corrected chi connectivity index (χ3v) is 3.64. The topological polar surface area (TPSA) is 59.8 Å². The first-order valence-electron chi connectivity index (χ1n) is 7.61. The lowest BCUT2D eigenvalue weighted by atomic mass is 10.1. The lowest BCUT2D eigenvalue weighted by Crippen LogP contribution is -2.17. The zero-order chi connectivity index (χ0) is 20.5. The van der Waals surface area contributed by atoms with Gasteiger partial charge in [0.2, 0.25) is 0 Å². The number of benzene rings is 1. The standard InChI is InChI=1S/C17H10F6N4O/c18-16(19,20)11-3-4-13(27-7-1-6-25-27)12(8-11)26-15(28)10-2-5-14(24-9-10)17(21,22)23/h1-9H,(H,26,28). The Kier molecular flexibility index (Phi) is 4.84. The Morgan fingerprint density at radius 3 is 2.29 bits per heavy atom. The van der Waals surface area contributed by atoms with Gasteiger partial charge in [-0.3, -0.25) is 9.78 Å². The highest BCUT2D eigenvalue weighted by Gasteiger charge is 2.33. The number of carbonyl (C=O) groups is 1. The quantitative estimate of drug-likeness (QED) is 0.656. The molecule has 28 heavy (non-hydrogen) atoms. The van der Waals surface area contributed by atoms with Gasteiger partial charge in [0.15, 0.2) is 0 Å². The molecule has 1 amide bonds. The van der Waals surface area contributed by atoms with Crippen molar-refractivity contribution in [1.82, 2.24) is 14.8 Å². The highest BCUT2D eigenvalue weighted by molar-refractivity contribution is 6.05. The number of carbonyl (C=O) groups excluding carboxylic acids is 1. The molecule has 0 spiro atoms. The van der Waals surface area contributed by atoms with Gasteiger partial charge in [0, 0.05) is 18.6 Å². The summed E-state index contributed by atoms with van der Waals surface area (Å²) < 4.78 is 77.9. The number of pyridine rings is 1. The number of halogens is 6. The average molecular weight is 400 g/mol. The normalized spacial score (nSPS) is 12.1. The van der Waals surface area contributed by atoms with Gasteiger partial charge in [-0.1, -0.05) is 0 Å². The van der Waals surface area contributed by atoms with Crippen molar-refractivity contribution in [1.29, 1.82) is 0 Å². The summed E-state index contributed by atoms with van der Waals surface area (Å²) in [5.74, 6) is -0.922. The van der Waals surface area contributed by atoms with Gasteiger partial charge in [-0.05, 0) is 36.4 Å². The van der Waals surface area contributed by atoms with E-state index in [0.717, 1.165) is 18.2 Å². The van der Waals surface area contributed by atoms with Gasteiger partial charge >= 0.3 is 12.4 Å². The van der Waals surface area contributed by atoms with Gasteiger partial charge in [-0.15, -0.1) is 0 Å². The van der Waals surface area contributed by atoms with Crippen LogP contribution in [0.4, 0.5) is 32.0 Å². The Labute approximate surface area is 153 Å². The van der Waals surface area contributed by atoms with Crippen molar-refractivity contribution in [2.24, 2.45) is 0 Å². The summed E-state index contributed by atoms with van der Waals surface area (Å²) in [6, 6.07) is 5.68. The Bertz CT molecular complexity index is 978. The van der Waals surface area contributed by atoms with E-state index in [9.17, 15) is 31.1 Å². The lowest BCUT2D eigenvalue weighted by molar-refractivity contribution is -0.141. The van der Waals surface area contributed by atoms with Crippen LogP contribution in [-0.2, 0) is 12.4 Å². The molecule has 0 aliphatic rings. The minimum absolute atomic E-state index is 0.145. The molecule has 2 aromatic heterocycles. The molecule has 0 atom stereocenters. The molecule has 11 heteroatoms. The van der Waals surface area contributed by atoms with Gasteiger partial charge in [0.25, 0.3) is 5.91 Å². The number of anilines is 1. The molecule has 0 aliphatic carbocycles. The second-order valence-corrected chi connectivity index (χ2v) is 5.56. The third kappa shape index (κ3) is 4.13. The number of hydrogen-bond donors (Lipinski definition) is 1.